The van der Waals surface area contributed by atoms with E-state index in [1.807, 2.05) is 0 Å². The predicted octanol–water partition coefficient (Wildman–Crippen LogP) is 0.388. The first-order chi connectivity index (χ1) is 14.1. The van der Waals surface area contributed by atoms with Crippen LogP contribution < -0.4 is 4.74 Å². The normalized spacial score (nSPS) is 28.1. The van der Waals surface area contributed by atoms with E-state index in [2.05, 4.69) is 0 Å². The Morgan fingerprint density at radius 3 is 2.10 bits per heavy atom. The largest absolute Gasteiger partial charge is 0.507 e. The Morgan fingerprint density at radius 2 is 1.43 bits per heavy atom. The quantitative estimate of drug-likeness (QED) is 0.399. The molecule has 1 aliphatic carbocycles. The van der Waals surface area contributed by atoms with E-state index in [4.69, 9.17) is 9.47 Å². The van der Waals surface area contributed by atoms with Gasteiger partial charge in [-0.3, -0.25) is 9.59 Å². The van der Waals surface area contributed by atoms with Crippen molar-refractivity contribution in [2.75, 3.05) is 0 Å². The van der Waals surface area contributed by atoms with Crippen LogP contribution in [0.15, 0.2) is 24.3 Å². The van der Waals surface area contributed by atoms with Gasteiger partial charge in [0.1, 0.15) is 35.6 Å². The maximum atomic E-state index is 13.0. The number of rotatable bonds is 2. The summed E-state index contributed by atoms with van der Waals surface area (Å²) >= 11 is 0. The minimum absolute atomic E-state index is 0.00247. The second-order valence-corrected chi connectivity index (χ2v) is 7.53. The van der Waals surface area contributed by atoms with Crippen LogP contribution in [0.4, 0.5) is 0 Å². The van der Waals surface area contributed by atoms with Gasteiger partial charge in [-0.15, -0.1) is 0 Å². The third-order valence-electron chi connectivity index (χ3n) is 5.36. The first-order valence-electron chi connectivity index (χ1n) is 9.26. The number of phenols is 2. The SMILES string of the molecule is Cc1cc(O)c2c(c1)C(=O)c1cc(O[C@@H]3O[C@@H](C)[C@@H](O)[C@@H](O)[C@@H]3O)cc(O)c1C2=O. The number of aliphatic hydroxyl groups excluding tert-OH is 3. The highest BCUT2D eigenvalue weighted by atomic mass is 16.7. The van der Waals surface area contributed by atoms with Gasteiger partial charge in [-0.25, -0.2) is 0 Å². The van der Waals surface area contributed by atoms with Gasteiger partial charge >= 0.3 is 0 Å². The van der Waals surface area contributed by atoms with E-state index in [0.717, 1.165) is 6.07 Å². The van der Waals surface area contributed by atoms with Crippen LogP contribution >= 0.6 is 0 Å². The average Bonchev–Trinajstić information content (AvgIpc) is 2.67. The number of hydrogen-bond donors (Lipinski definition) is 5. The number of aromatic hydroxyl groups is 2. The summed E-state index contributed by atoms with van der Waals surface area (Å²) in [5, 5.41) is 50.4. The summed E-state index contributed by atoms with van der Waals surface area (Å²) in [6.07, 6.45) is -6.66. The van der Waals surface area contributed by atoms with Crippen molar-refractivity contribution in [1.29, 1.82) is 0 Å². The fraction of sp³-hybridized carbons (Fsp3) is 0.333. The standard InChI is InChI=1S/C21H20O9/c1-7-3-10-14(12(22)4-7)18(26)15-11(17(10)25)5-9(6-13(15)23)30-21-20(28)19(27)16(24)8(2)29-21/h3-6,8,16,19-24,27-28H,1-2H3/t8-,16+,19+,20-,21-/m0/s1. The van der Waals surface area contributed by atoms with Crippen molar-refractivity contribution >= 4 is 11.6 Å². The summed E-state index contributed by atoms with van der Waals surface area (Å²) in [5.74, 6) is -2.29. The summed E-state index contributed by atoms with van der Waals surface area (Å²) in [6.45, 7) is 3.14. The van der Waals surface area contributed by atoms with Gasteiger partial charge in [-0.05, 0) is 37.6 Å². The monoisotopic (exact) mass is 416 g/mol. The zero-order valence-electron chi connectivity index (χ0n) is 16.1. The summed E-state index contributed by atoms with van der Waals surface area (Å²) in [6, 6.07) is 5.11. The highest BCUT2D eigenvalue weighted by Gasteiger charge is 2.43. The molecule has 0 saturated carbocycles. The van der Waals surface area contributed by atoms with Crippen molar-refractivity contribution < 1.29 is 44.6 Å². The first-order valence-corrected chi connectivity index (χ1v) is 9.26. The Labute approximate surface area is 170 Å². The number of benzene rings is 2. The molecule has 0 aromatic heterocycles. The molecule has 2 aliphatic rings. The molecule has 1 saturated heterocycles. The van der Waals surface area contributed by atoms with Crippen molar-refractivity contribution in [3.8, 4) is 17.2 Å². The Hall–Kier alpha value is -2.98. The molecule has 4 rings (SSSR count). The van der Waals surface area contributed by atoms with Gasteiger partial charge in [0.2, 0.25) is 12.1 Å². The molecule has 30 heavy (non-hydrogen) atoms. The maximum absolute atomic E-state index is 13.0. The number of carbonyl (C=O) groups excluding carboxylic acids is 2. The van der Waals surface area contributed by atoms with Crippen LogP contribution in [0, 0.1) is 6.92 Å². The van der Waals surface area contributed by atoms with Crippen LogP contribution in [0.2, 0.25) is 0 Å². The molecule has 5 N–H and O–H groups in total. The molecule has 9 nitrogen and oxygen atoms in total. The maximum Gasteiger partial charge on any atom is 0.229 e. The Balaban J connectivity index is 1.73. The van der Waals surface area contributed by atoms with Crippen LogP contribution in [0.25, 0.3) is 0 Å². The van der Waals surface area contributed by atoms with E-state index in [9.17, 15) is 35.1 Å². The van der Waals surface area contributed by atoms with Crippen LogP contribution in [-0.2, 0) is 4.74 Å². The van der Waals surface area contributed by atoms with Crippen molar-refractivity contribution in [3.05, 3.63) is 52.1 Å². The number of fused-ring (bicyclic) bond motifs is 2. The third-order valence-corrected chi connectivity index (χ3v) is 5.36. The minimum Gasteiger partial charge on any atom is -0.507 e. The van der Waals surface area contributed by atoms with E-state index in [0.29, 0.717) is 5.56 Å². The van der Waals surface area contributed by atoms with E-state index >= 15 is 0 Å². The van der Waals surface area contributed by atoms with E-state index < -0.39 is 48.0 Å². The molecule has 2 aromatic rings. The minimum atomic E-state index is -1.59. The Kier molecular flexibility index (Phi) is 4.78. The van der Waals surface area contributed by atoms with Gasteiger partial charge < -0.3 is 35.0 Å². The van der Waals surface area contributed by atoms with Gasteiger partial charge in [0, 0.05) is 17.2 Å². The van der Waals surface area contributed by atoms with Crippen molar-refractivity contribution in [1.82, 2.24) is 0 Å². The highest BCUT2D eigenvalue weighted by molar-refractivity contribution is 6.30. The van der Waals surface area contributed by atoms with E-state index in [-0.39, 0.29) is 33.8 Å². The van der Waals surface area contributed by atoms with E-state index in [1.165, 1.54) is 25.1 Å². The van der Waals surface area contributed by atoms with Crippen molar-refractivity contribution in [3.63, 3.8) is 0 Å². The molecule has 5 atom stereocenters. The van der Waals surface area contributed by atoms with Crippen LogP contribution in [0.1, 0.15) is 44.3 Å². The summed E-state index contributed by atoms with van der Waals surface area (Å²) < 4.78 is 10.9. The molecular weight excluding hydrogens is 396 g/mol. The number of ketones is 2. The predicted molar refractivity (Wildman–Crippen MR) is 101 cm³/mol. The van der Waals surface area contributed by atoms with Crippen molar-refractivity contribution in [2.45, 2.75) is 44.6 Å². The number of aryl methyl sites for hydroxylation is 1. The molecule has 1 aliphatic heterocycles. The fourth-order valence-electron chi connectivity index (χ4n) is 3.79. The zero-order chi connectivity index (χ0) is 21.9. The lowest BCUT2D eigenvalue weighted by Crippen LogP contribution is -2.58. The molecule has 0 unspecified atom stereocenters. The zero-order valence-corrected chi connectivity index (χ0v) is 16.1. The molecule has 2 aromatic carbocycles. The molecule has 158 valence electrons. The second kappa shape index (κ2) is 7.06. The number of hydrogen-bond acceptors (Lipinski definition) is 9. The van der Waals surface area contributed by atoms with Gasteiger partial charge in [0.05, 0.1) is 17.2 Å². The van der Waals surface area contributed by atoms with Crippen molar-refractivity contribution in [2.24, 2.45) is 0 Å². The number of ether oxygens (including phenoxy) is 2. The topological polar surface area (TPSA) is 154 Å². The molecule has 1 heterocycles. The molecule has 0 spiro atoms. The van der Waals surface area contributed by atoms with Gasteiger partial charge in [0.15, 0.2) is 5.78 Å². The molecule has 0 bridgehead atoms. The lowest BCUT2D eigenvalue weighted by molar-refractivity contribution is -0.268. The van der Waals surface area contributed by atoms with Crippen LogP contribution in [-0.4, -0.2) is 67.8 Å². The fourth-order valence-corrected chi connectivity index (χ4v) is 3.79. The smallest absolute Gasteiger partial charge is 0.229 e. The molecule has 1 fully saturated rings. The summed E-state index contributed by atoms with van der Waals surface area (Å²) in [5.41, 5.74) is -0.00573. The number of aliphatic hydroxyl groups is 3. The van der Waals surface area contributed by atoms with E-state index in [1.54, 1.807) is 6.92 Å². The molecule has 0 radical (unpaired) electrons. The Morgan fingerprint density at radius 1 is 0.833 bits per heavy atom. The molecular formula is C21H20O9. The lowest BCUT2D eigenvalue weighted by Gasteiger charge is -2.39. The average molecular weight is 416 g/mol. The van der Waals surface area contributed by atoms with Gasteiger partial charge in [-0.1, -0.05) is 0 Å². The summed E-state index contributed by atoms with van der Waals surface area (Å²) in [4.78, 5) is 25.8. The third kappa shape index (κ3) is 3.03. The first kappa shape index (κ1) is 20.3. The highest BCUT2D eigenvalue weighted by Crippen LogP contribution is 2.40. The number of carbonyl (C=O) groups is 2. The second-order valence-electron chi connectivity index (χ2n) is 7.53. The Bertz CT molecular complexity index is 1060. The van der Waals surface area contributed by atoms with Gasteiger partial charge in [-0.2, -0.15) is 0 Å². The molecule has 9 heteroatoms. The summed E-state index contributed by atoms with van der Waals surface area (Å²) in [7, 11) is 0. The van der Waals surface area contributed by atoms with Crippen LogP contribution in [0.3, 0.4) is 0 Å². The molecule has 0 amide bonds. The lowest BCUT2D eigenvalue weighted by atomic mass is 9.82. The number of phenolic OH excluding ortho intramolecular Hbond substituents is 2. The van der Waals surface area contributed by atoms with Gasteiger partial charge in [0.25, 0.3) is 0 Å². The van der Waals surface area contributed by atoms with Crippen LogP contribution in [0.5, 0.6) is 17.2 Å².